The number of carbonyl (C=O) groups is 3. The van der Waals surface area contributed by atoms with Crippen molar-refractivity contribution in [2.24, 2.45) is 10.7 Å². The van der Waals surface area contributed by atoms with Crippen molar-refractivity contribution in [1.82, 2.24) is 4.90 Å². The van der Waals surface area contributed by atoms with Gasteiger partial charge in [0.25, 0.3) is 5.91 Å². The fraction of sp³-hybridized carbons (Fsp3) is 0.270. The number of nitrogens with two attached hydrogens (primary N) is 1. The molecule has 1 heterocycles. The average molecular weight is 635 g/mol. The number of methoxy groups -OCH3 is 1. The second kappa shape index (κ2) is 14.7. The third kappa shape index (κ3) is 7.84. The van der Waals surface area contributed by atoms with Gasteiger partial charge >= 0.3 is 11.9 Å². The van der Waals surface area contributed by atoms with Crippen molar-refractivity contribution in [3.63, 3.8) is 0 Å². The molecule has 242 valence electrons. The van der Waals surface area contributed by atoms with Gasteiger partial charge in [-0.2, -0.15) is 4.99 Å². The number of nitrogens with zero attached hydrogens (tertiary/aromatic N) is 2. The van der Waals surface area contributed by atoms with Gasteiger partial charge < -0.3 is 24.8 Å². The first-order valence-corrected chi connectivity index (χ1v) is 15.5. The molecule has 0 bridgehead atoms. The minimum Gasteiger partial charge on any atom is -0.489 e. The molecule has 4 aromatic carbocycles. The highest BCUT2D eigenvalue weighted by molar-refractivity contribution is 6.13. The number of rotatable bonds is 10. The molecule has 1 aliphatic heterocycles. The molecule has 1 saturated heterocycles. The van der Waals surface area contributed by atoms with Crippen LogP contribution in [0.25, 0.3) is 10.8 Å². The smallest absolute Gasteiger partial charge is 0.338 e. The number of carbonyl (C=O) groups excluding carboxylic acids is 3. The summed E-state index contributed by atoms with van der Waals surface area (Å²) in [6.07, 6.45) is 1.27. The van der Waals surface area contributed by atoms with Crippen molar-refractivity contribution in [3.8, 4) is 5.75 Å². The minimum absolute atomic E-state index is 0.00644. The van der Waals surface area contributed by atoms with E-state index in [0.717, 1.165) is 40.6 Å². The summed E-state index contributed by atoms with van der Waals surface area (Å²) in [5.74, 6) is -0.878. The third-order valence-corrected chi connectivity index (χ3v) is 8.20. The van der Waals surface area contributed by atoms with Crippen LogP contribution >= 0.6 is 0 Å². The van der Waals surface area contributed by atoms with Crippen molar-refractivity contribution in [3.05, 3.63) is 113 Å². The van der Waals surface area contributed by atoms with Crippen LogP contribution in [0.15, 0.2) is 89.9 Å². The number of fused-ring (bicyclic) bond motifs is 1. The number of hydrogen-bond donors (Lipinski definition) is 2. The van der Waals surface area contributed by atoms with Crippen LogP contribution in [-0.2, 0) is 20.7 Å². The molecule has 3 N–H and O–H groups in total. The summed E-state index contributed by atoms with van der Waals surface area (Å²) < 4.78 is 16.4. The summed E-state index contributed by atoms with van der Waals surface area (Å²) in [6, 6.07) is 25.3. The highest BCUT2D eigenvalue weighted by Gasteiger charge is 2.26. The highest BCUT2D eigenvalue weighted by atomic mass is 16.5. The Kier molecular flexibility index (Phi) is 10.3. The number of esters is 2. The molecule has 4 aromatic rings. The molecule has 0 aliphatic carbocycles. The van der Waals surface area contributed by atoms with Gasteiger partial charge in [0, 0.05) is 18.5 Å². The van der Waals surface area contributed by atoms with E-state index in [1.54, 1.807) is 32.0 Å². The normalized spacial score (nSPS) is 15.3. The van der Waals surface area contributed by atoms with Crippen LogP contribution in [0.2, 0.25) is 0 Å². The molecule has 0 radical (unpaired) electrons. The van der Waals surface area contributed by atoms with Crippen LogP contribution < -0.4 is 10.5 Å². The molecule has 10 nitrogen and oxygen atoms in total. The predicted molar refractivity (Wildman–Crippen MR) is 180 cm³/mol. The number of amidine groups is 2. The summed E-state index contributed by atoms with van der Waals surface area (Å²) in [6.45, 7) is 5.33. The molecular formula is C37H38N4O6. The van der Waals surface area contributed by atoms with Crippen LogP contribution in [-0.4, -0.2) is 67.3 Å². The Morgan fingerprint density at radius 1 is 0.979 bits per heavy atom. The maximum absolute atomic E-state index is 13.2. The van der Waals surface area contributed by atoms with E-state index in [-0.39, 0.29) is 35.6 Å². The SMILES string of the molecule is CCOC(=O)[C@@H](Cc1ccc2ccc(C(N)=NC(=O)c3ccccc3C(=O)OC)cc2c1)c1ccc(O[C@H]2CCN(C(C)=N)C2)cc1. The van der Waals surface area contributed by atoms with Gasteiger partial charge in [-0.25, -0.2) is 4.79 Å². The number of ether oxygens (including phenoxy) is 3. The summed E-state index contributed by atoms with van der Waals surface area (Å²) in [7, 11) is 1.25. The highest BCUT2D eigenvalue weighted by Crippen LogP contribution is 2.28. The molecule has 0 saturated carbocycles. The summed E-state index contributed by atoms with van der Waals surface area (Å²) in [5, 5.41) is 9.65. The van der Waals surface area contributed by atoms with Gasteiger partial charge in [-0.05, 0) is 72.5 Å². The fourth-order valence-electron chi connectivity index (χ4n) is 5.69. The van der Waals surface area contributed by atoms with Gasteiger partial charge in [0.15, 0.2) is 0 Å². The number of amides is 1. The van der Waals surface area contributed by atoms with Gasteiger partial charge in [0.1, 0.15) is 17.7 Å². The summed E-state index contributed by atoms with van der Waals surface area (Å²) in [4.78, 5) is 44.3. The first kappa shape index (κ1) is 32.9. The number of hydrogen-bond acceptors (Lipinski definition) is 7. The zero-order valence-corrected chi connectivity index (χ0v) is 26.7. The maximum atomic E-state index is 13.2. The second-order valence-corrected chi connectivity index (χ2v) is 11.4. The third-order valence-electron chi connectivity index (χ3n) is 8.20. The lowest BCUT2D eigenvalue weighted by atomic mass is 9.91. The molecule has 1 fully saturated rings. The van der Waals surface area contributed by atoms with E-state index in [0.29, 0.717) is 24.4 Å². The van der Waals surface area contributed by atoms with Crippen LogP contribution in [0, 0.1) is 5.41 Å². The topological polar surface area (TPSA) is 144 Å². The first-order chi connectivity index (χ1) is 22.7. The van der Waals surface area contributed by atoms with Crippen LogP contribution in [0.4, 0.5) is 0 Å². The van der Waals surface area contributed by atoms with Crippen LogP contribution in [0.5, 0.6) is 5.75 Å². The largest absolute Gasteiger partial charge is 0.489 e. The standard InChI is InChI=1S/C37H38N4O6/c1-4-46-37(44)33(26-13-15-29(16-14-26)47-30-17-18-41(22-30)23(2)38)20-24-9-10-25-11-12-27(21-28(25)19-24)34(39)40-35(42)31-7-5-6-8-32(31)36(43)45-3/h5-16,19,21,30,33,38H,4,17-18,20,22H2,1-3H3,(H2,39,40,42)/t30-,33-/m0/s1. The predicted octanol–water partition coefficient (Wildman–Crippen LogP) is 5.51. The van der Waals surface area contributed by atoms with Crippen molar-refractivity contribution in [1.29, 1.82) is 5.41 Å². The Balaban J connectivity index is 1.35. The van der Waals surface area contributed by atoms with Gasteiger partial charge in [0.2, 0.25) is 0 Å². The maximum Gasteiger partial charge on any atom is 0.338 e. The van der Waals surface area contributed by atoms with Gasteiger partial charge in [0.05, 0.1) is 43.1 Å². The van der Waals surface area contributed by atoms with E-state index in [1.807, 2.05) is 59.5 Å². The lowest BCUT2D eigenvalue weighted by Crippen LogP contribution is -2.28. The Bertz CT molecular complexity index is 1830. The Hall–Kier alpha value is -5.51. The zero-order valence-electron chi connectivity index (χ0n) is 26.7. The van der Waals surface area contributed by atoms with E-state index in [9.17, 15) is 14.4 Å². The van der Waals surface area contributed by atoms with E-state index >= 15 is 0 Å². The summed E-state index contributed by atoms with van der Waals surface area (Å²) in [5.41, 5.74) is 8.74. The quantitative estimate of drug-likeness (QED) is 0.132. The molecule has 10 heteroatoms. The van der Waals surface area contributed by atoms with E-state index in [1.165, 1.54) is 19.2 Å². The Morgan fingerprint density at radius 3 is 2.38 bits per heavy atom. The molecule has 0 spiro atoms. The number of nitrogens with one attached hydrogen (secondary N) is 1. The van der Waals surface area contributed by atoms with Gasteiger partial charge in [-0.15, -0.1) is 0 Å². The minimum atomic E-state index is -0.655. The van der Waals surface area contributed by atoms with Crippen molar-refractivity contribution in [2.75, 3.05) is 26.8 Å². The molecule has 5 rings (SSSR count). The molecule has 2 atom stereocenters. The van der Waals surface area contributed by atoms with Crippen molar-refractivity contribution >= 4 is 40.3 Å². The number of aliphatic imine (C=N–C) groups is 1. The zero-order chi connectivity index (χ0) is 33.5. The second-order valence-electron chi connectivity index (χ2n) is 11.4. The number of likely N-dealkylation sites (tertiary alicyclic amines) is 1. The molecule has 1 aliphatic rings. The lowest BCUT2D eigenvalue weighted by molar-refractivity contribution is -0.144. The Morgan fingerprint density at radius 2 is 1.70 bits per heavy atom. The fourth-order valence-corrected chi connectivity index (χ4v) is 5.69. The molecule has 0 aromatic heterocycles. The van der Waals surface area contributed by atoms with Gasteiger partial charge in [-0.3, -0.25) is 15.0 Å². The average Bonchev–Trinajstić information content (AvgIpc) is 3.56. The summed E-state index contributed by atoms with van der Waals surface area (Å²) >= 11 is 0. The number of benzene rings is 4. The van der Waals surface area contributed by atoms with Crippen molar-refractivity contribution in [2.45, 2.75) is 38.7 Å². The van der Waals surface area contributed by atoms with E-state index in [2.05, 4.69) is 4.99 Å². The van der Waals surface area contributed by atoms with E-state index in [4.69, 9.17) is 25.4 Å². The monoisotopic (exact) mass is 634 g/mol. The molecule has 47 heavy (non-hydrogen) atoms. The molecule has 1 amide bonds. The van der Waals surface area contributed by atoms with Crippen LogP contribution in [0.1, 0.15) is 63.6 Å². The Labute approximate surface area is 273 Å². The lowest BCUT2D eigenvalue weighted by Gasteiger charge is -2.19. The molecular weight excluding hydrogens is 596 g/mol. The van der Waals surface area contributed by atoms with E-state index < -0.39 is 17.8 Å². The van der Waals surface area contributed by atoms with Crippen molar-refractivity contribution < 1.29 is 28.6 Å². The van der Waals surface area contributed by atoms with Gasteiger partial charge in [-0.1, -0.05) is 54.6 Å². The first-order valence-electron chi connectivity index (χ1n) is 15.5. The van der Waals surface area contributed by atoms with Crippen LogP contribution in [0.3, 0.4) is 0 Å². The molecule has 0 unspecified atom stereocenters.